The Labute approximate surface area is 206 Å². The molecule has 0 aliphatic carbocycles. The zero-order valence-corrected chi connectivity index (χ0v) is 20.0. The zero-order valence-electron chi connectivity index (χ0n) is 20.0. The van der Waals surface area contributed by atoms with E-state index in [1.54, 1.807) is 6.33 Å². The Morgan fingerprint density at radius 1 is 0.686 bits per heavy atom. The Morgan fingerprint density at radius 3 is 1.57 bits per heavy atom. The zero-order chi connectivity index (χ0) is 24.3. The van der Waals surface area contributed by atoms with E-state index < -0.39 is 5.54 Å². The molecule has 0 saturated carbocycles. The van der Waals surface area contributed by atoms with Crippen LogP contribution in [0.25, 0.3) is 0 Å². The summed E-state index contributed by atoms with van der Waals surface area (Å²) in [6.45, 7) is 4.30. The van der Waals surface area contributed by atoms with Crippen molar-refractivity contribution < 1.29 is 4.79 Å². The number of carbonyl (C=O) groups excluding carboxylic acids is 1. The van der Waals surface area contributed by atoms with Gasteiger partial charge in [-0.2, -0.15) is 0 Å². The largest absolute Gasteiger partial charge is 0.318 e. The molecule has 3 nitrogen and oxygen atoms in total. The van der Waals surface area contributed by atoms with E-state index >= 15 is 0 Å². The molecule has 0 spiro atoms. The maximum Gasteiger partial charge on any atom is 0.212 e. The molecule has 0 aliphatic rings. The van der Waals surface area contributed by atoms with Crippen LogP contribution in [0.15, 0.2) is 128 Å². The molecule has 0 aliphatic heterocycles. The fraction of sp³-hybridized carbons (Fsp3) is 0.125. The molecule has 0 N–H and O–H groups in total. The van der Waals surface area contributed by atoms with E-state index in [0.29, 0.717) is 17.2 Å². The molecule has 5 aromatic rings. The highest BCUT2D eigenvalue weighted by Crippen LogP contribution is 2.40. The summed E-state index contributed by atoms with van der Waals surface area (Å²) in [5, 5.41) is 0. The average molecular weight is 457 g/mol. The van der Waals surface area contributed by atoms with Crippen LogP contribution in [0.3, 0.4) is 0 Å². The highest BCUT2D eigenvalue weighted by Gasteiger charge is 2.38. The van der Waals surface area contributed by atoms with E-state index in [1.807, 2.05) is 48.7 Å². The van der Waals surface area contributed by atoms with E-state index in [4.69, 9.17) is 0 Å². The molecule has 0 fully saturated rings. The van der Waals surface area contributed by atoms with Crippen LogP contribution in [0.4, 0.5) is 0 Å². The number of nitrogens with zero attached hydrogens (tertiary/aromatic N) is 2. The second kappa shape index (κ2) is 9.55. The number of ketones is 1. The first-order valence-corrected chi connectivity index (χ1v) is 12.0. The van der Waals surface area contributed by atoms with Crippen LogP contribution in [0.2, 0.25) is 0 Å². The number of benzene rings is 4. The van der Waals surface area contributed by atoms with Gasteiger partial charge < -0.3 is 4.57 Å². The van der Waals surface area contributed by atoms with Crippen LogP contribution >= 0.6 is 0 Å². The molecule has 3 heteroatoms. The molecule has 0 radical (unpaired) electrons. The molecule has 0 unspecified atom stereocenters. The SMILES string of the molecule is CC(C)c1ccc(C(=O)c2cn(C(c3ccccc3)(c3ccccc3)c3ccccc3)cn2)cc1. The van der Waals surface area contributed by atoms with Crippen molar-refractivity contribution in [3.8, 4) is 0 Å². The van der Waals surface area contributed by atoms with Crippen molar-refractivity contribution >= 4 is 5.78 Å². The Morgan fingerprint density at radius 2 is 1.14 bits per heavy atom. The van der Waals surface area contributed by atoms with E-state index in [0.717, 1.165) is 16.7 Å². The van der Waals surface area contributed by atoms with Crippen LogP contribution in [-0.2, 0) is 5.54 Å². The molecular weight excluding hydrogens is 428 g/mol. The van der Waals surface area contributed by atoms with Crippen LogP contribution in [0, 0.1) is 0 Å². The van der Waals surface area contributed by atoms with Gasteiger partial charge in [-0.3, -0.25) is 4.79 Å². The summed E-state index contributed by atoms with van der Waals surface area (Å²) in [5.74, 6) is 0.337. The predicted molar refractivity (Wildman–Crippen MR) is 141 cm³/mol. The predicted octanol–water partition coefficient (Wildman–Crippen LogP) is 7.08. The van der Waals surface area contributed by atoms with Crippen LogP contribution in [0.5, 0.6) is 0 Å². The van der Waals surface area contributed by atoms with Crippen LogP contribution in [0.1, 0.15) is 58.1 Å². The second-order valence-corrected chi connectivity index (χ2v) is 9.08. The molecule has 35 heavy (non-hydrogen) atoms. The molecule has 1 aromatic heterocycles. The maximum absolute atomic E-state index is 13.4. The van der Waals surface area contributed by atoms with Crippen molar-refractivity contribution in [2.24, 2.45) is 0 Å². The lowest BCUT2D eigenvalue weighted by molar-refractivity contribution is 0.103. The van der Waals surface area contributed by atoms with Crippen molar-refractivity contribution in [3.63, 3.8) is 0 Å². The van der Waals surface area contributed by atoms with Crippen molar-refractivity contribution in [1.82, 2.24) is 9.55 Å². The molecule has 0 atom stereocenters. The van der Waals surface area contributed by atoms with E-state index in [-0.39, 0.29) is 5.78 Å². The highest BCUT2D eigenvalue weighted by molar-refractivity contribution is 6.07. The van der Waals surface area contributed by atoms with Gasteiger partial charge in [0.05, 0.1) is 6.33 Å². The minimum absolute atomic E-state index is 0.0814. The third-order valence-electron chi connectivity index (χ3n) is 6.62. The molecule has 4 aromatic carbocycles. The molecule has 0 bridgehead atoms. The maximum atomic E-state index is 13.4. The fourth-order valence-electron chi connectivity index (χ4n) is 4.78. The monoisotopic (exact) mass is 456 g/mol. The lowest BCUT2D eigenvalue weighted by atomic mass is 9.77. The number of imidazole rings is 1. The summed E-state index contributed by atoms with van der Waals surface area (Å²) in [5.41, 5.74) is 4.87. The van der Waals surface area contributed by atoms with Gasteiger partial charge in [-0.05, 0) is 28.2 Å². The normalized spacial score (nSPS) is 11.5. The molecular formula is C32H28N2O. The summed E-state index contributed by atoms with van der Waals surface area (Å²) in [7, 11) is 0. The van der Waals surface area contributed by atoms with Gasteiger partial charge in [-0.25, -0.2) is 4.98 Å². The Bertz CT molecular complexity index is 1310. The van der Waals surface area contributed by atoms with Gasteiger partial charge in [0, 0.05) is 11.8 Å². The molecule has 0 amide bonds. The summed E-state index contributed by atoms with van der Waals surface area (Å²) >= 11 is 0. The van der Waals surface area contributed by atoms with Gasteiger partial charge in [-0.1, -0.05) is 129 Å². The summed E-state index contributed by atoms with van der Waals surface area (Å²) in [4.78, 5) is 18.0. The first-order chi connectivity index (χ1) is 17.1. The molecule has 172 valence electrons. The van der Waals surface area contributed by atoms with E-state index in [1.165, 1.54) is 5.56 Å². The highest BCUT2D eigenvalue weighted by atomic mass is 16.1. The molecule has 0 saturated heterocycles. The average Bonchev–Trinajstić information content (AvgIpc) is 3.41. The third-order valence-corrected chi connectivity index (χ3v) is 6.62. The Hall–Kier alpha value is -4.24. The summed E-state index contributed by atoms with van der Waals surface area (Å²) in [6, 6.07) is 39.0. The first kappa shape index (κ1) is 22.5. The minimum atomic E-state index is -0.684. The van der Waals surface area contributed by atoms with Crippen molar-refractivity contribution in [2.45, 2.75) is 25.3 Å². The fourth-order valence-corrected chi connectivity index (χ4v) is 4.78. The summed E-state index contributed by atoms with van der Waals surface area (Å²) < 4.78 is 2.07. The van der Waals surface area contributed by atoms with Gasteiger partial charge >= 0.3 is 0 Å². The minimum Gasteiger partial charge on any atom is -0.318 e. The Balaban J connectivity index is 1.68. The second-order valence-electron chi connectivity index (χ2n) is 9.08. The topological polar surface area (TPSA) is 34.9 Å². The lowest BCUT2D eigenvalue weighted by Crippen LogP contribution is -2.37. The van der Waals surface area contributed by atoms with Crippen LogP contribution in [-0.4, -0.2) is 15.3 Å². The van der Waals surface area contributed by atoms with Crippen molar-refractivity contribution in [3.05, 3.63) is 161 Å². The number of carbonyl (C=O) groups is 1. The summed E-state index contributed by atoms with van der Waals surface area (Å²) in [6.07, 6.45) is 3.66. The van der Waals surface area contributed by atoms with Gasteiger partial charge in [0.1, 0.15) is 11.2 Å². The molecule has 1 heterocycles. The van der Waals surface area contributed by atoms with Crippen molar-refractivity contribution in [2.75, 3.05) is 0 Å². The standard InChI is InChI=1S/C32H28N2O/c1-24(2)25-18-20-26(21-19-25)31(35)30-22-34(23-33-30)32(27-12-6-3-7-13-27,28-14-8-4-9-15-28)29-16-10-5-11-17-29/h3-24H,1-2H3. The molecule has 5 rings (SSSR count). The van der Waals surface area contributed by atoms with E-state index in [2.05, 4.69) is 96.2 Å². The quantitative estimate of drug-likeness (QED) is 0.194. The van der Waals surface area contributed by atoms with Gasteiger partial charge in [0.2, 0.25) is 5.78 Å². The Kier molecular flexibility index (Phi) is 6.15. The number of rotatable bonds is 7. The van der Waals surface area contributed by atoms with Crippen molar-refractivity contribution in [1.29, 1.82) is 0 Å². The number of hydrogen-bond acceptors (Lipinski definition) is 2. The first-order valence-electron chi connectivity index (χ1n) is 12.0. The van der Waals surface area contributed by atoms with Crippen LogP contribution < -0.4 is 0 Å². The van der Waals surface area contributed by atoms with E-state index in [9.17, 15) is 4.79 Å². The smallest absolute Gasteiger partial charge is 0.212 e. The number of aromatic nitrogens is 2. The van der Waals surface area contributed by atoms with Gasteiger partial charge in [0.25, 0.3) is 0 Å². The van der Waals surface area contributed by atoms with Gasteiger partial charge in [0.15, 0.2) is 0 Å². The lowest BCUT2D eigenvalue weighted by Gasteiger charge is -2.37. The number of hydrogen-bond donors (Lipinski definition) is 0. The third kappa shape index (κ3) is 4.10. The van der Waals surface area contributed by atoms with Gasteiger partial charge in [-0.15, -0.1) is 0 Å².